The second-order valence-electron chi connectivity index (χ2n) is 6.84. The first kappa shape index (κ1) is 17.7. The van der Waals surface area contributed by atoms with Crippen molar-refractivity contribution >= 4 is 19.0 Å². The van der Waals surface area contributed by atoms with Crippen molar-refractivity contribution in [1.82, 2.24) is 0 Å². The van der Waals surface area contributed by atoms with Crippen LogP contribution < -0.4 is 5.73 Å². The molecule has 5 nitrogen and oxygen atoms in total. The van der Waals surface area contributed by atoms with E-state index in [0.717, 1.165) is 11.0 Å². The lowest BCUT2D eigenvalue weighted by molar-refractivity contribution is 0.00578. The molecule has 1 fully saturated rings. The summed E-state index contributed by atoms with van der Waals surface area (Å²) >= 11 is 0. The summed E-state index contributed by atoms with van der Waals surface area (Å²) < 4.78 is 12.0. The van der Waals surface area contributed by atoms with E-state index in [1.165, 1.54) is 13.0 Å². The van der Waals surface area contributed by atoms with Gasteiger partial charge in [0.2, 0.25) is 0 Å². The van der Waals surface area contributed by atoms with E-state index in [9.17, 15) is 9.90 Å². The number of rotatable bonds is 4. The van der Waals surface area contributed by atoms with E-state index in [-0.39, 0.29) is 23.6 Å². The van der Waals surface area contributed by atoms with Crippen LogP contribution in [0.4, 0.5) is 0 Å². The molecule has 0 aromatic heterocycles. The number of hydrogen-bond acceptors (Lipinski definition) is 5. The molecule has 0 bridgehead atoms. The molecule has 0 aliphatic carbocycles. The summed E-state index contributed by atoms with van der Waals surface area (Å²) in [4.78, 5) is 11.5. The number of aromatic hydroxyl groups is 1. The van der Waals surface area contributed by atoms with Gasteiger partial charge in [0, 0.05) is 6.54 Å². The van der Waals surface area contributed by atoms with Gasteiger partial charge in [-0.05, 0) is 57.8 Å². The first-order valence-corrected chi connectivity index (χ1v) is 7.67. The van der Waals surface area contributed by atoms with Crippen LogP contribution in [0, 0.1) is 0 Å². The number of Topliss-reactive ketones (excluding diaryl/α,β-unsaturated/α-hetero) is 1. The third-order valence-electron chi connectivity index (χ3n) is 4.54. The van der Waals surface area contributed by atoms with Gasteiger partial charge < -0.3 is 20.1 Å². The SMILES string of the molecule is CC(=O)c1cc(C=C(CN)B2OC(C)(C)C(C)(C)O2)ccc1O. The predicted molar refractivity (Wildman–Crippen MR) is 91.2 cm³/mol. The van der Waals surface area contributed by atoms with Crippen LogP contribution in [0.25, 0.3) is 6.08 Å². The number of nitrogens with two attached hydrogens (primary N) is 1. The van der Waals surface area contributed by atoms with Crippen molar-refractivity contribution in [1.29, 1.82) is 0 Å². The Morgan fingerprint density at radius 1 is 1.26 bits per heavy atom. The maximum Gasteiger partial charge on any atom is 0.491 e. The summed E-state index contributed by atoms with van der Waals surface area (Å²) in [5, 5.41) is 9.73. The maximum atomic E-state index is 11.5. The predicted octanol–water partition coefficient (Wildman–Crippen LogP) is 2.57. The molecule has 0 atom stereocenters. The normalized spacial score (nSPS) is 19.9. The van der Waals surface area contributed by atoms with Crippen LogP contribution >= 0.6 is 0 Å². The number of ketones is 1. The van der Waals surface area contributed by atoms with E-state index < -0.39 is 18.3 Å². The third kappa shape index (κ3) is 3.49. The molecule has 1 aromatic rings. The third-order valence-corrected chi connectivity index (χ3v) is 4.54. The summed E-state index contributed by atoms with van der Waals surface area (Å²) in [6, 6.07) is 4.86. The first-order chi connectivity index (χ1) is 10.6. The lowest BCUT2D eigenvalue weighted by Crippen LogP contribution is -2.41. The lowest BCUT2D eigenvalue weighted by atomic mass is 9.77. The van der Waals surface area contributed by atoms with Gasteiger partial charge in [-0.15, -0.1) is 0 Å². The molecule has 6 heteroatoms. The Kier molecular flexibility index (Phi) is 4.71. The van der Waals surface area contributed by atoms with Crippen molar-refractivity contribution in [3.8, 4) is 5.75 Å². The monoisotopic (exact) mass is 317 g/mol. The quantitative estimate of drug-likeness (QED) is 0.659. The number of carbonyl (C=O) groups is 1. The van der Waals surface area contributed by atoms with Crippen molar-refractivity contribution in [3.63, 3.8) is 0 Å². The van der Waals surface area contributed by atoms with Gasteiger partial charge >= 0.3 is 7.12 Å². The Morgan fingerprint density at radius 3 is 2.30 bits per heavy atom. The van der Waals surface area contributed by atoms with Gasteiger partial charge in [-0.1, -0.05) is 12.1 Å². The molecule has 124 valence electrons. The van der Waals surface area contributed by atoms with Gasteiger partial charge in [0.05, 0.1) is 16.8 Å². The number of hydrogen-bond donors (Lipinski definition) is 2. The molecule has 0 unspecified atom stereocenters. The summed E-state index contributed by atoms with van der Waals surface area (Å²) in [6.45, 7) is 9.62. The van der Waals surface area contributed by atoms with E-state index in [1.54, 1.807) is 12.1 Å². The minimum Gasteiger partial charge on any atom is -0.507 e. The second kappa shape index (κ2) is 6.11. The van der Waals surface area contributed by atoms with Crippen molar-refractivity contribution in [3.05, 3.63) is 34.8 Å². The van der Waals surface area contributed by atoms with E-state index in [1.807, 2.05) is 33.8 Å². The number of phenolic OH excluding ortho intramolecular Hbond substituents is 1. The average molecular weight is 317 g/mol. The van der Waals surface area contributed by atoms with Crippen LogP contribution in [0.5, 0.6) is 5.75 Å². The summed E-state index contributed by atoms with van der Waals surface area (Å²) in [5.41, 5.74) is 6.81. The number of phenols is 1. The minimum absolute atomic E-state index is 0.0282. The van der Waals surface area contributed by atoms with Crippen LogP contribution in [-0.2, 0) is 9.31 Å². The molecule has 1 aliphatic rings. The highest BCUT2D eigenvalue weighted by molar-refractivity contribution is 6.55. The van der Waals surface area contributed by atoms with Gasteiger partial charge in [-0.25, -0.2) is 0 Å². The highest BCUT2D eigenvalue weighted by atomic mass is 16.7. The zero-order valence-electron chi connectivity index (χ0n) is 14.3. The fourth-order valence-corrected chi connectivity index (χ4v) is 2.36. The van der Waals surface area contributed by atoms with Gasteiger partial charge in [-0.3, -0.25) is 4.79 Å². The molecular formula is C17H24BNO4. The van der Waals surface area contributed by atoms with Gasteiger partial charge in [0.1, 0.15) is 5.75 Å². The standard InChI is InChI=1S/C17H24BNO4/c1-11(20)14-9-12(6-7-15(14)21)8-13(10-19)18-22-16(2,3)17(4,5)23-18/h6-9,21H,10,19H2,1-5H3. The van der Waals surface area contributed by atoms with Crippen LogP contribution in [-0.4, -0.2) is 35.8 Å². The van der Waals surface area contributed by atoms with Crippen LogP contribution in [0.2, 0.25) is 0 Å². The Hall–Kier alpha value is -1.63. The lowest BCUT2D eigenvalue weighted by Gasteiger charge is -2.32. The first-order valence-electron chi connectivity index (χ1n) is 7.67. The molecule has 1 aromatic carbocycles. The topological polar surface area (TPSA) is 81.8 Å². The molecule has 3 N–H and O–H groups in total. The Bertz CT molecular complexity index is 636. The fourth-order valence-electron chi connectivity index (χ4n) is 2.36. The number of carbonyl (C=O) groups excluding carboxylic acids is 1. The molecule has 2 rings (SSSR count). The Labute approximate surface area is 137 Å². The molecule has 1 aliphatic heterocycles. The average Bonchev–Trinajstić information content (AvgIpc) is 2.66. The molecule has 0 radical (unpaired) electrons. The second-order valence-corrected chi connectivity index (χ2v) is 6.84. The molecule has 0 amide bonds. The highest BCUT2D eigenvalue weighted by Gasteiger charge is 2.52. The largest absolute Gasteiger partial charge is 0.507 e. The van der Waals surface area contributed by atoms with E-state index in [2.05, 4.69) is 0 Å². The smallest absolute Gasteiger partial charge is 0.491 e. The zero-order chi connectivity index (χ0) is 17.4. The van der Waals surface area contributed by atoms with Gasteiger partial charge in [-0.2, -0.15) is 0 Å². The van der Waals surface area contributed by atoms with E-state index >= 15 is 0 Å². The molecule has 1 saturated heterocycles. The minimum atomic E-state index is -0.528. The molecule has 0 spiro atoms. The van der Waals surface area contributed by atoms with Crippen LogP contribution in [0.3, 0.4) is 0 Å². The van der Waals surface area contributed by atoms with Gasteiger partial charge in [0.15, 0.2) is 5.78 Å². The summed E-state index contributed by atoms with van der Waals surface area (Å²) in [7, 11) is -0.528. The summed E-state index contributed by atoms with van der Waals surface area (Å²) in [6.07, 6.45) is 1.84. The van der Waals surface area contributed by atoms with E-state index in [4.69, 9.17) is 15.0 Å². The van der Waals surface area contributed by atoms with Gasteiger partial charge in [0.25, 0.3) is 0 Å². The van der Waals surface area contributed by atoms with Crippen molar-refractivity contribution in [2.75, 3.05) is 6.54 Å². The summed E-state index contributed by atoms with van der Waals surface area (Å²) in [5.74, 6) is -0.220. The van der Waals surface area contributed by atoms with Crippen LogP contribution in [0.15, 0.2) is 23.7 Å². The van der Waals surface area contributed by atoms with Crippen LogP contribution in [0.1, 0.15) is 50.5 Å². The molecule has 23 heavy (non-hydrogen) atoms. The fraction of sp³-hybridized carbons (Fsp3) is 0.471. The van der Waals surface area contributed by atoms with E-state index in [0.29, 0.717) is 0 Å². The van der Waals surface area contributed by atoms with Crippen molar-refractivity contribution < 1.29 is 19.2 Å². The molecular weight excluding hydrogens is 293 g/mol. The van der Waals surface area contributed by atoms with Crippen molar-refractivity contribution in [2.24, 2.45) is 5.73 Å². The number of benzene rings is 1. The maximum absolute atomic E-state index is 11.5. The van der Waals surface area contributed by atoms with Crippen molar-refractivity contribution in [2.45, 2.75) is 45.8 Å². The molecule has 1 heterocycles. The Morgan fingerprint density at radius 2 is 1.83 bits per heavy atom. The molecule has 0 saturated carbocycles. The Balaban J connectivity index is 2.34. The zero-order valence-corrected chi connectivity index (χ0v) is 14.3. The highest BCUT2D eigenvalue weighted by Crippen LogP contribution is 2.38.